The Morgan fingerprint density at radius 2 is 2.07 bits per heavy atom. The fraction of sp³-hybridized carbons (Fsp3) is 0.375. The Bertz CT molecular complexity index is 296. The highest BCUT2D eigenvalue weighted by Gasteiger charge is 2.38. The summed E-state index contributed by atoms with van der Waals surface area (Å²) in [5, 5.41) is 0. The van der Waals surface area contributed by atoms with E-state index in [1.54, 1.807) is 0 Å². The maximum absolute atomic E-state index is 12.0. The zero-order valence-electron chi connectivity index (χ0n) is 7.38. The quantitative estimate of drug-likeness (QED) is 0.804. The van der Waals surface area contributed by atoms with Crippen molar-refractivity contribution in [2.24, 2.45) is 0 Å². The largest absolute Gasteiger partial charge is 0.465 e. The molecular formula is C8H9F3N2O. The number of halogens is 3. The summed E-state index contributed by atoms with van der Waals surface area (Å²) in [7, 11) is 0. The van der Waals surface area contributed by atoms with Gasteiger partial charge in [0, 0.05) is 6.07 Å². The molecule has 0 bridgehead atoms. The molecular weight excluding hydrogens is 197 g/mol. The fourth-order valence-electron chi connectivity index (χ4n) is 0.709. The fourth-order valence-corrected chi connectivity index (χ4v) is 0.709. The first-order valence-corrected chi connectivity index (χ1v) is 3.84. The van der Waals surface area contributed by atoms with Gasteiger partial charge in [-0.15, -0.1) is 0 Å². The maximum Gasteiger partial charge on any atom is 0.425 e. The van der Waals surface area contributed by atoms with Crippen LogP contribution >= 0.6 is 0 Å². The van der Waals surface area contributed by atoms with E-state index in [0.29, 0.717) is 5.69 Å². The Morgan fingerprint density at radius 3 is 2.50 bits per heavy atom. The standard InChI is InChI=1S/C8H9F3N2O/c1-5(8(9,10)11)14-7-3-2-6(12)4-13-7/h2-5H,12H2,1H3/t5-/m1/s1. The molecule has 0 spiro atoms. The lowest BCUT2D eigenvalue weighted by atomic mass is 10.4. The van der Waals surface area contributed by atoms with Crippen molar-refractivity contribution in [2.45, 2.75) is 19.2 Å². The Balaban J connectivity index is 2.65. The Hall–Kier alpha value is -1.46. The number of nitrogen functional groups attached to an aromatic ring is 1. The molecule has 0 radical (unpaired) electrons. The summed E-state index contributed by atoms with van der Waals surface area (Å²) in [6.45, 7) is 0.915. The van der Waals surface area contributed by atoms with Crippen LogP contribution in [-0.2, 0) is 0 Å². The summed E-state index contributed by atoms with van der Waals surface area (Å²) < 4.78 is 40.7. The molecule has 6 heteroatoms. The van der Waals surface area contributed by atoms with Gasteiger partial charge in [-0.2, -0.15) is 13.2 Å². The van der Waals surface area contributed by atoms with Crippen molar-refractivity contribution in [1.82, 2.24) is 4.98 Å². The number of nitrogens with two attached hydrogens (primary N) is 1. The van der Waals surface area contributed by atoms with E-state index in [1.165, 1.54) is 18.3 Å². The maximum atomic E-state index is 12.0. The minimum Gasteiger partial charge on any atom is -0.465 e. The average Bonchev–Trinajstić information content (AvgIpc) is 2.07. The molecule has 0 aliphatic carbocycles. The first-order chi connectivity index (χ1) is 6.39. The van der Waals surface area contributed by atoms with E-state index in [1.807, 2.05) is 0 Å². The predicted molar refractivity (Wildman–Crippen MR) is 44.8 cm³/mol. The molecule has 78 valence electrons. The number of pyridine rings is 1. The van der Waals surface area contributed by atoms with Gasteiger partial charge in [0.2, 0.25) is 5.88 Å². The molecule has 2 N–H and O–H groups in total. The third-order valence-corrected chi connectivity index (χ3v) is 1.52. The van der Waals surface area contributed by atoms with Crippen molar-refractivity contribution < 1.29 is 17.9 Å². The molecule has 14 heavy (non-hydrogen) atoms. The summed E-state index contributed by atoms with van der Waals surface area (Å²) in [4.78, 5) is 3.58. The second-order valence-electron chi connectivity index (χ2n) is 2.73. The summed E-state index contributed by atoms with van der Waals surface area (Å²) >= 11 is 0. The van der Waals surface area contributed by atoms with E-state index in [-0.39, 0.29) is 5.88 Å². The SMILES string of the molecule is C[C@@H](Oc1ccc(N)cn1)C(F)(F)F. The second kappa shape index (κ2) is 3.73. The number of hydrogen-bond acceptors (Lipinski definition) is 3. The van der Waals surface area contributed by atoms with Crippen LogP contribution in [0.25, 0.3) is 0 Å². The molecule has 0 amide bonds. The second-order valence-corrected chi connectivity index (χ2v) is 2.73. The molecule has 0 saturated carbocycles. The summed E-state index contributed by atoms with van der Waals surface area (Å²) in [5.74, 6) is -0.0935. The molecule has 1 atom stereocenters. The lowest BCUT2D eigenvalue weighted by Gasteiger charge is -2.16. The Morgan fingerprint density at radius 1 is 1.43 bits per heavy atom. The molecule has 1 aromatic heterocycles. The van der Waals surface area contributed by atoms with Gasteiger partial charge in [-0.3, -0.25) is 0 Å². The van der Waals surface area contributed by atoms with Crippen LogP contribution in [0.15, 0.2) is 18.3 Å². The minimum absolute atomic E-state index is 0.0935. The first kappa shape index (κ1) is 10.6. The van der Waals surface area contributed by atoms with E-state index < -0.39 is 12.3 Å². The molecule has 1 rings (SSSR count). The summed E-state index contributed by atoms with van der Waals surface area (Å²) in [6, 6.07) is 2.71. The number of nitrogens with zero attached hydrogens (tertiary/aromatic N) is 1. The molecule has 3 nitrogen and oxygen atoms in total. The van der Waals surface area contributed by atoms with Crippen molar-refractivity contribution in [2.75, 3.05) is 5.73 Å². The predicted octanol–water partition coefficient (Wildman–Crippen LogP) is 1.99. The molecule has 0 aliphatic rings. The Labute approximate surface area is 78.7 Å². The molecule has 0 aromatic carbocycles. The average molecular weight is 206 g/mol. The van der Waals surface area contributed by atoms with E-state index in [9.17, 15) is 13.2 Å². The third-order valence-electron chi connectivity index (χ3n) is 1.52. The van der Waals surface area contributed by atoms with E-state index >= 15 is 0 Å². The lowest BCUT2D eigenvalue weighted by Crippen LogP contribution is -2.31. The minimum atomic E-state index is -4.39. The molecule has 0 fully saturated rings. The summed E-state index contributed by atoms with van der Waals surface area (Å²) in [5.41, 5.74) is 5.68. The smallest absolute Gasteiger partial charge is 0.425 e. The van der Waals surface area contributed by atoms with Crippen molar-refractivity contribution >= 4 is 5.69 Å². The lowest BCUT2D eigenvalue weighted by molar-refractivity contribution is -0.189. The number of aromatic nitrogens is 1. The molecule has 1 aromatic rings. The third kappa shape index (κ3) is 2.79. The number of ether oxygens (including phenoxy) is 1. The van der Waals surface area contributed by atoms with Crippen LogP contribution in [0.3, 0.4) is 0 Å². The van der Waals surface area contributed by atoms with Gasteiger partial charge in [-0.25, -0.2) is 4.98 Å². The van der Waals surface area contributed by atoms with Gasteiger partial charge in [0.25, 0.3) is 0 Å². The zero-order valence-corrected chi connectivity index (χ0v) is 7.38. The van der Waals surface area contributed by atoms with Crippen LogP contribution in [-0.4, -0.2) is 17.3 Å². The van der Waals surface area contributed by atoms with Crippen LogP contribution in [0.4, 0.5) is 18.9 Å². The van der Waals surface area contributed by atoms with Crippen molar-refractivity contribution in [3.05, 3.63) is 18.3 Å². The Kier molecular flexibility index (Phi) is 2.83. The van der Waals surface area contributed by atoms with Gasteiger partial charge in [0.15, 0.2) is 6.10 Å². The van der Waals surface area contributed by atoms with E-state index in [4.69, 9.17) is 5.73 Å². The first-order valence-electron chi connectivity index (χ1n) is 3.84. The van der Waals surface area contributed by atoms with Crippen molar-refractivity contribution in [3.8, 4) is 5.88 Å². The van der Waals surface area contributed by atoms with Gasteiger partial charge in [-0.1, -0.05) is 0 Å². The van der Waals surface area contributed by atoms with Crippen LogP contribution in [0, 0.1) is 0 Å². The molecule has 0 aliphatic heterocycles. The van der Waals surface area contributed by atoms with Crippen LogP contribution in [0.1, 0.15) is 6.92 Å². The molecule has 1 heterocycles. The molecule has 0 unspecified atom stereocenters. The highest BCUT2D eigenvalue weighted by Crippen LogP contribution is 2.23. The van der Waals surface area contributed by atoms with Crippen molar-refractivity contribution in [1.29, 1.82) is 0 Å². The van der Waals surface area contributed by atoms with Crippen LogP contribution in [0.5, 0.6) is 5.88 Å². The van der Waals surface area contributed by atoms with E-state index in [0.717, 1.165) is 6.92 Å². The molecule has 0 saturated heterocycles. The van der Waals surface area contributed by atoms with Crippen LogP contribution < -0.4 is 10.5 Å². The highest BCUT2D eigenvalue weighted by atomic mass is 19.4. The van der Waals surface area contributed by atoms with Crippen molar-refractivity contribution in [3.63, 3.8) is 0 Å². The van der Waals surface area contributed by atoms with Crippen LogP contribution in [0.2, 0.25) is 0 Å². The normalized spacial score (nSPS) is 13.7. The van der Waals surface area contributed by atoms with Gasteiger partial charge in [-0.05, 0) is 13.0 Å². The van der Waals surface area contributed by atoms with Gasteiger partial charge in [0.05, 0.1) is 11.9 Å². The topological polar surface area (TPSA) is 48.1 Å². The van der Waals surface area contributed by atoms with Gasteiger partial charge < -0.3 is 10.5 Å². The number of rotatable bonds is 2. The van der Waals surface area contributed by atoms with Gasteiger partial charge in [0.1, 0.15) is 0 Å². The van der Waals surface area contributed by atoms with E-state index in [2.05, 4.69) is 9.72 Å². The monoisotopic (exact) mass is 206 g/mol. The number of anilines is 1. The number of alkyl halides is 3. The zero-order chi connectivity index (χ0) is 10.8. The highest BCUT2D eigenvalue weighted by molar-refractivity contribution is 5.35. The number of hydrogen-bond donors (Lipinski definition) is 1. The van der Waals surface area contributed by atoms with Gasteiger partial charge >= 0.3 is 6.18 Å². The summed E-state index contributed by atoms with van der Waals surface area (Å²) in [6.07, 6.45) is -5.03.